The SMILES string of the molecule is CCCCCC/C=C\CCCCCCCCCC(=O)O[C@@H](CO)COC(=O)CCCCCCCCCCCCC/C=C\CCCCCCCC. The van der Waals surface area contributed by atoms with Crippen LogP contribution in [0, 0.1) is 0 Å². The Bertz CT molecular complexity index is 761. The highest BCUT2D eigenvalue weighted by Gasteiger charge is 2.16. The highest BCUT2D eigenvalue weighted by molar-refractivity contribution is 5.70. The van der Waals surface area contributed by atoms with Gasteiger partial charge in [-0.05, 0) is 64.2 Å². The molecule has 0 aromatic carbocycles. The summed E-state index contributed by atoms with van der Waals surface area (Å²) in [5, 5.41) is 9.57. The number of rotatable bonds is 40. The van der Waals surface area contributed by atoms with Gasteiger partial charge in [0, 0.05) is 12.8 Å². The normalized spacial score (nSPS) is 12.3. The lowest BCUT2D eigenvalue weighted by molar-refractivity contribution is -0.161. The van der Waals surface area contributed by atoms with Crippen LogP contribution in [0.1, 0.15) is 232 Å². The number of aliphatic hydroxyl groups excluding tert-OH is 1. The molecule has 0 heterocycles. The summed E-state index contributed by atoms with van der Waals surface area (Å²) in [6.07, 6.45) is 49.6. The van der Waals surface area contributed by atoms with Gasteiger partial charge in [-0.2, -0.15) is 0 Å². The quantitative estimate of drug-likeness (QED) is 0.0390. The lowest BCUT2D eigenvalue weighted by Crippen LogP contribution is -2.28. The average Bonchev–Trinajstić information content (AvgIpc) is 3.12. The number of hydrogen-bond acceptors (Lipinski definition) is 5. The van der Waals surface area contributed by atoms with Crippen molar-refractivity contribution >= 4 is 11.9 Å². The van der Waals surface area contributed by atoms with Crippen LogP contribution < -0.4 is 0 Å². The third-order valence-corrected chi connectivity index (χ3v) is 9.72. The Labute approximate surface area is 311 Å². The number of carbonyl (C=O) groups excluding carboxylic acids is 2. The van der Waals surface area contributed by atoms with E-state index in [1.54, 1.807) is 0 Å². The molecule has 0 amide bonds. The van der Waals surface area contributed by atoms with Gasteiger partial charge in [0.15, 0.2) is 6.10 Å². The molecule has 0 rings (SSSR count). The summed E-state index contributed by atoms with van der Waals surface area (Å²) in [5.41, 5.74) is 0. The highest BCUT2D eigenvalue weighted by atomic mass is 16.6. The van der Waals surface area contributed by atoms with E-state index in [2.05, 4.69) is 38.2 Å². The molecule has 0 aromatic rings. The second-order valence-corrected chi connectivity index (χ2v) is 14.8. The minimum absolute atomic E-state index is 0.0644. The minimum atomic E-state index is -0.770. The molecule has 0 aliphatic carbocycles. The fraction of sp³-hybridized carbons (Fsp3) is 0.867. The minimum Gasteiger partial charge on any atom is -0.462 e. The van der Waals surface area contributed by atoms with Crippen LogP contribution in [0.25, 0.3) is 0 Å². The zero-order valence-corrected chi connectivity index (χ0v) is 33.4. The number of hydrogen-bond donors (Lipinski definition) is 1. The monoisotopic (exact) mass is 705 g/mol. The van der Waals surface area contributed by atoms with E-state index in [4.69, 9.17) is 9.47 Å². The molecule has 0 unspecified atom stereocenters. The lowest BCUT2D eigenvalue weighted by atomic mass is 10.0. The number of ether oxygens (including phenoxy) is 2. The van der Waals surface area contributed by atoms with Crippen LogP contribution in [0.15, 0.2) is 24.3 Å². The summed E-state index contributed by atoms with van der Waals surface area (Å²) < 4.78 is 10.6. The molecule has 294 valence electrons. The van der Waals surface area contributed by atoms with Gasteiger partial charge in [0.2, 0.25) is 0 Å². The first-order valence-electron chi connectivity index (χ1n) is 21.9. The molecule has 0 bridgehead atoms. The first-order chi connectivity index (χ1) is 24.6. The predicted octanol–water partition coefficient (Wildman–Crippen LogP) is 13.8. The van der Waals surface area contributed by atoms with Crippen molar-refractivity contribution < 1.29 is 24.2 Å². The summed E-state index contributed by atoms with van der Waals surface area (Å²) in [6, 6.07) is 0. The second-order valence-electron chi connectivity index (χ2n) is 14.8. The van der Waals surface area contributed by atoms with E-state index < -0.39 is 6.10 Å². The molecule has 0 aliphatic heterocycles. The molecule has 0 saturated carbocycles. The maximum atomic E-state index is 12.2. The van der Waals surface area contributed by atoms with Crippen LogP contribution >= 0.6 is 0 Å². The summed E-state index contributed by atoms with van der Waals surface area (Å²) in [6.45, 7) is 4.13. The van der Waals surface area contributed by atoms with Crippen molar-refractivity contribution in [3.05, 3.63) is 24.3 Å². The van der Waals surface area contributed by atoms with Crippen LogP contribution in [-0.4, -0.2) is 36.4 Å². The molecule has 50 heavy (non-hydrogen) atoms. The van der Waals surface area contributed by atoms with Gasteiger partial charge in [0.25, 0.3) is 0 Å². The van der Waals surface area contributed by atoms with Gasteiger partial charge < -0.3 is 14.6 Å². The van der Waals surface area contributed by atoms with E-state index in [1.807, 2.05) is 0 Å². The van der Waals surface area contributed by atoms with E-state index in [9.17, 15) is 14.7 Å². The van der Waals surface area contributed by atoms with Gasteiger partial charge >= 0.3 is 11.9 Å². The van der Waals surface area contributed by atoms with Crippen molar-refractivity contribution in [2.45, 2.75) is 238 Å². The molecular formula is C45H84O5. The predicted molar refractivity (Wildman–Crippen MR) is 215 cm³/mol. The summed E-state index contributed by atoms with van der Waals surface area (Å²) in [4.78, 5) is 24.3. The number of carbonyl (C=O) groups is 2. The van der Waals surface area contributed by atoms with Crippen molar-refractivity contribution in [3.8, 4) is 0 Å². The van der Waals surface area contributed by atoms with Gasteiger partial charge in [-0.25, -0.2) is 0 Å². The number of esters is 2. The van der Waals surface area contributed by atoms with E-state index >= 15 is 0 Å². The molecule has 0 saturated heterocycles. The molecule has 1 N–H and O–H groups in total. The fourth-order valence-corrected chi connectivity index (χ4v) is 6.37. The maximum Gasteiger partial charge on any atom is 0.306 e. The lowest BCUT2D eigenvalue weighted by Gasteiger charge is -2.15. The Balaban J connectivity index is 3.50. The van der Waals surface area contributed by atoms with Crippen LogP contribution in [0.3, 0.4) is 0 Å². The van der Waals surface area contributed by atoms with Crippen LogP contribution in [0.2, 0.25) is 0 Å². The van der Waals surface area contributed by atoms with Crippen LogP contribution in [-0.2, 0) is 19.1 Å². The second kappa shape index (κ2) is 41.8. The molecule has 5 heteroatoms. The molecule has 5 nitrogen and oxygen atoms in total. The van der Waals surface area contributed by atoms with E-state index in [0.29, 0.717) is 12.8 Å². The number of aliphatic hydroxyl groups is 1. The first kappa shape index (κ1) is 48.4. The topological polar surface area (TPSA) is 72.8 Å². The third kappa shape index (κ3) is 39.2. The van der Waals surface area contributed by atoms with Gasteiger partial charge in [0.1, 0.15) is 6.61 Å². The fourth-order valence-electron chi connectivity index (χ4n) is 6.37. The maximum absolute atomic E-state index is 12.2. The van der Waals surface area contributed by atoms with E-state index in [0.717, 1.165) is 38.5 Å². The molecule has 0 aromatic heterocycles. The Morgan fingerprint density at radius 2 is 0.740 bits per heavy atom. The van der Waals surface area contributed by atoms with E-state index in [-0.39, 0.29) is 25.2 Å². The van der Waals surface area contributed by atoms with Crippen molar-refractivity contribution in [3.63, 3.8) is 0 Å². The summed E-state index contributed by atoms with van der Waals surface area (Å²) >= 11 is 0. The smallest absolute Gasteiger partial charge is 0.306 e. The summed E-state index contributed by atoms with van der Waals surface area (Å²) in [7, 11) is 0. The zero-order valence-electron chi connectivity index (χ0n) is 33.4. The van der Waals surface area contributed by atoms with Crippen LogP contribution in [0.4, 0.5) is 0 Å². The Hall–Kier alpha value is -1.62. The first-order valence-corrected chi connectivity index (χ1v) is 21.9. The Morgan fingerprint density at radius 1 is 0.440 bits per heavy atom. The summed E-state index contributed by atoms with van der Waals surface area (Å²) in [5.74, 6) is -0.588. The molecule has 0 spiro atoms. The molecular weight excluding hydrogens is 620 g/mol. The number of allylic oxidation sites excluding steroid dienone is 4. The van der Waals surface area contributed by atoms with Crippen molar-refractivity contribution in [1.29, 1.82) is 0 Å². The standard InChI is InChI=1S/C45H84O5/c1-3-5-7-9-11-13-15-17-19-20-21-22-23-24-26-27-29-31-33-35-37-39-44(47)49-42-43(41-46)50-45(48)40-38-36-34-32-30-28-25-18-16-14-12-10-8-6-4-2/h14,16-17,19,43,46H,3-13,15,18,20-42H2,1-2H3/b16-14-,19-17-/t43-/m0/s1. The molecule has 0 fully saturated rings. The third-order valence-electron chi connectivity index (χ3n) is 9.72. The Morgan fingerprint density at radius 3 is 1.10 bits per heavy atom. The molecule has 1 atom stereocenters. The largest absolute Gasteiger partial charge is 0.462 e. The van der Waals surface area contributed by atoms with Gasteiger partial charge in [0.05, 0.1) is 6.61 Å². The average molecular weight is 705 g/mol. The van der Waals surface area contributed by atoms with Crippen molar-refractivity contribution in [2.75, 3.05) is 13.2 Å². The van der Waals surface area contributed by atoms with Crippen LogP contribution in [0.5, 0.6) is 0 Å². The van der Waals surface area contributed by atoms with E-state index in [1.165, 1.54) is 167 Å². The number of unbranched alkanes of at least 4 members (excludes halogenated alkanes) is 28. The van der Waals surface area contributed by atoms with Gasteiger partial charge in [-0.3, -0.25) is 9.59 Å². The molecule has 0 radical (unpaired) electrons. The zero-order chi connectivity index (χ0) is 36.4. The van der Waals surface area contributed by atoms with Crippen molar-refractivity contribution in [1.82, 2.24) is 0 Å². The molecule has 0 aliphatic rings. The van der Waals surface area contributed by atoms with Crippen molar-refractivity contribution in [2.24, 2.45) is 0 Å². The Kier molecular flexibility index (Phi) is 40.4. The van der Waals surface area contributed by atoms with Gasteiger partial charge in [-0.1, -0.05) is 179 Å². The highest BCUT2D eigenvalue weighted by Crippen LogP contribution is 2.15. The van der Waals surface area contributed by atoms with Gasteiger partial charge in [-0.15, -0.1) is 0 Å².